The summed E-state index contributed by atoms with van der Waals surface area (Å²) in [4.78, 5) is 12.9. The molecule has 0 atom stereocenters. The molecule has 2 fully saturated rings. The predicted molar refractivity (Wildman–Crippen MR) is 56.3 cm³/mol. The Kier molecular flexibility index (Phi) is 3.78. The third-order valence-corrected chi connectivity index (χ3v) is 3.03. The molecule has 1 aliphatic heterocycles. The highest BCUT2D eigenvalue weighted by Crippen LogP contribution is 2.38. The van der Waals surface area contributed by atoms with E-state index < -0.39 is 0 Å². The van der Waals surface area contributed by atoms with E-state index in [1.807, 2.05) is 13.8 Å². The fraction of sp³-hybridized carbons (Fsp3) is 0.909. The van der Waals surface area contributed by atoms with Gasteiger partial charge >= 0.3 is 6.09 Å². The molecule has 1 aliphatic carbocycles. The molecule has 2 aliphatic rings. The highest BCUT2D eigenvalue weighted by molar-refractivity contribution is 5.68. The van der Waals surface area contributed by atoms with Gasteiger partial charge in [-0.2, -0.15) is 0 Å². The van der Waals surface area contributed by atoms with Crippen LogP contribution in [0.5, 0.6) is 0 Å². The summed E-state index contributed by atoms with van der Waals surface area (Å²) in [5.74, 6) is 0. The summed E-state index contributed by atoms with van der Waals surface area (Å²) in [6.07, 6.45) is 5.48. The molecule has 0 aromatic carbocycles. The van der Waals surface area contributed by atoms with Crippen LogP contribution in [0, 0.1) is 0 Å². The van der Waals surface area contributed by atoms with E-state index in [1.54, 1.807) is 11.9 Å². The molecule has 14 heavy (non-hydrogen) atoms. The van der Waals surface area contributed by atoms with Gasteiger partial charge < -0.3 is 9.64 Å². The lowest BCUT2D eigenvalue weighted by Crippen LogP contribution is -2.46. The molecule has 2 rings (SSSR count). The van der Waals surface area contributed by atoms with Crippen molar-refractivity contribution in [1.82, 2.24) is 4.90 Å². The van der Waals surface area contributed by atoms with Crippen LogP contribution < -0.4 is 0 Å². The van der Waals surface area contributed by atoms with E-state index in [2.05, 4.69) is 0 Å². The zero-order chi connectivity index (χ0) is 10.6. The predicted octanol–water partition coefficient (Wildman–Crippen LogP) is 2.80. The van der Waals surface area contributed by atoms with Gasteiger partial charge in [-0.05, 0) is 25.7 Å². The highest BCUT2D eigenvalue weighted by Gasteiger charge is 2.41. The van der Waals surface area contributed by atoms with E-state index in [0.717, 1.165) is 25.8 Å². The van der Waals surface area contributed by atoms with Gasteiger partial charge in [-0.25, -0.2) is 4.79 Å². The summed E-state index contributed by atoms with van der Waals surface area (Å²) in [6, 6.07) is 0. The van der Waals surface area contributed by atoms with E-state index in [4.69, 9.17) is 4.74 Å². The summed E-state index contributed by atoms with van der Waals surface area (Å²) in [6.45, 7) is 4.86. The summed E-state index contributed by atoms with van der Waals surface area (Å²) in [5, 5.41) is 0. The summed E-state index contributed by atoms with van der Waals surface area (Å²) in [5.41, 5.74) is -0.0659. The van der Waals surface area contributed by atoms with Crippen molar-refractivity contribution >= 4 is 6.09 Å². The zero-order valence-corrected chi connectivity index (χ0v) is 9.51. The molecule has 0 bridgehead atoms. The topological polar surface area (TPSA) is 29.5 Å². The molecule has 3 heteroatoms. The first kappa shape index (κ1) is 11.3. The van der Waals surface area contributed by atoms with E-state index >= 15 is 0 Å². The minimum atomic E-state index is -0.136. The number of carbonyl (C=O) groups excluding carboxylic acids is 1. The van der Waals surface area contributed by atoms with Gasteiger partial charge in [0.15, 0.2) is 0 Å². The Hall–Kier alpha value is -0.730. The van der Waals surface area contributed by atoms with Crippen molar-refractivity contribution in [2.45, 2.75) is 51.6 Å². The van der Waals surface area contributed by atoms with Crippen molar-refractivity contribution in [3.05, 3.63) is 0 Å². The molecule has 1 saturated heterocycles. The SMILES string of the molecule is CC.CN1CCC2(CCCC2)OC1=O. The third kappa shape index (κ3) is 2.20. The maximum absolute atomic E-state index is 11.3. The lowest BCUT2D eigenvalue weighted by atomic mass is 9.96. The number of nitrogens with zero attached hydrogens (tertiary/aromatic N) is 1. The average Bonchev–Trinajstić information content (AvgIpc) is 2.65. The van der Waals surface area contributed by atoms with Crippen LogP contribution in [0.1, 0.15) is 46.0 Å². The second kappa shape index (κ2) is 4.67. The lowest BCUT2D eigenvalue weighted by Gasteiger charge is -2.37. The molecule has 1 amide bonds. The molecule has 82 valence electrons. The van der Waals surface area contributed by atoms with Crippen LogP contribution in [-0.4, -0.2) is 30.2 Å². The minimum absolute atomic E-state index is 0.0659. The van der Waals surface area contributed by atoms with Crippen LogP contribution in [0.25, 0.3) is 0 Å². The van der Waals surface area contributed by atoms with Gasteiger partial charge in [0.25, 0.3) is 0 Å². The molecule has 0 unspecified atom stereocenters. The first-order valence-electron chi connectivity index (χ1n) is 5.66. The van der Waals surface area contributed by atoms with Gasteiger partial charge in [-0.3, -0.25) is 0 Å². The number of rotatable bonds is 0. The Morgan fingerprint density at radius 3 is 2.29 bits per heavy atom. The van der Waals surface area contributed by atoms with Crippen LogP contribution in [0.15, 0.2) is 0 Å². The second-order valence-corrected chi connectivity index (χ2v) is 3.93. The van der Waals surface area contributed by atoms with Crippen molar-refractivity contribution in [1.29, 1.82) is 0 Å². The lowest BCUT2D eigenvalue weighted by molar-refractivity contribution is -0.0384. The van der Waals surface area contributed by atoms with Crippen LogP contribution in [0.3, 0.4) is 0 Å². The molecular weight excluding hydrogens is 178 g/mol. The van der Waals surface area contributed by atoms with Gasteiger partial charge in [0.2, 0.25) is 0 Å². The van der Waals surface area contributed by atoms with Gasteiger partial charge in [-0.15, -0.1) is 0 Å². The highest BCUT2D eigenvalue weighted by atomic mass is 16.6. The molecular formula is C11H21NO2. The van der Waals surface area contributed by atoms with Gasteiger partial charge in [0, 0.05) is 20.0 Å². The fourth-order valence-corrected chi connectivity index (χ4v) is 2.15. The maximum Gasteiger partial charge on any atom is 0.410 e. The molecule has 1 heterocycles. The fourth-order valence-electron chi connectivity index (χ4n) is 2.15. The minimum Gasteiger partial charge on any atom is -0.443 e. The van der Waals surface area contributed by atoms with Gasteiger partial charge in [0.1, 0.15) is 5.60 Å². The molecule has 3 nitrogen and oxygen atoms in total. The van der Waals surface area contributed by atoms with Crippen LogP contribution in [0.4, 0.5) is 4.79 Å². The van der Waals surface area contributed by atoms with Gasteiger partial charge in [-0.1, -0.05) is 13.8 Å². The smallest absolute Gasteiger partial charge is 0.410 e. The van der Waals surface area contributed by atoms with Crippen LogP contribution in [0.2, 0.25) is 0 Å². The largest absolute Gasteiger partial charge is 0.443 e. The summed E-state index contributed by atoms with van der Waals surface area (Å²) >= 11 is 0. The van der Waals surface area contributed by atoms with Crippen LogP contribution >= 0.6 is 0 Å². The molecule has 1 spiro atoms. The van der Waals surface area contributed by atoms with Crippen LogP contribution in [-0.2, 0) is 4.74 Å². The van der Waals surface area contributed by atoms with E-state index in [1.165, 1.54) is 12.8 Å². The normalized spacial score (nSPS) is 24.2. The Balaban J connectivity index is 0.000000461. The third-order valence-electron chi connectivity index (χ3n) is 3.03. The Bertz CT molecular complexity index is 197. The average molecular weight is 199 g/mol. The van der Waals surface area contributed by atoms with Crippen molar-refractivity contribution in [3.63, 3.8) is 0 Å². The Labute approximate surface area is 86.4 Å². The first-order valence-corrected chi connectivity index (χ1v) is 5.66. The Morgan fingerprint density at radius 1 is 1.21 bits per heavy atom. The molecule has 1 saturated carbocycles. The number of hydrogen-bond acceptors (Lipinski definition) is 2. The van der Waals surface area contributed by atoms with Crippen molar-refractivity contribution < 1.29 is 9.53 Å². The first-order chi connectivity index (χ1) is 6.72. The molecule has 0 aromatic rings. The standard InChI is InChI=1S/C9H15NO2.C2H6/c1-10-7-6-9(12-8(10)11)4-2-3-5-9;1-2/h2-7H2,1H3;1-2H3. The van der Waals surface area contributed by atoms with Crippen molar-refractivity contribution in [2.75, 3.05) is 13.6 Å². The zero-order valence-electron chi connectivity index (χ0n) is 9.51. The number of amides is 1. The number of ether oxygens (including phenoxy) is 1. The number of hydrogen-bond donors (Lipinski definition) is 0. The van der Waals surface area contributed by atoms with Gasteiger partial charge in [0.05, 0.1) is 0 Å². The summed E-state index contributed by atoms with van der Waals surface area (Å²) in [7, 11) is 1.80. The van der Waals surface area contributed by atoms with Crippen molar-refractivity contribution in [2.24, 2.45) is 0 Å². The monoisotopic (exact) mass is 199 g/mol. The molecule has 0 aromatic heterocycles. The van der Waals surface area contributed by atoms with E-state index in [9.17, 15) is 4.79 Å². The Morgan fingerprint density at radius 2 is 1.79 bits per heavy atom. The quantitative estimate of drug-likeness (QED) is 0.600. The maximum atomic E-state index is 11.3. The van der Waals surface area contributed by atoms with E-state index in [0.29, 0.717) is 0 Å². The number of carbonyl (C=O) groups is 1. The summed E-state index contributed by atoms with van der Waals surface area (Å²) < 4.78 is 5.43. The molecule has 0 N–H and O–H groups in total. The van der Waals surface area contributed by atoms with Crippen molar-refractivity contribution in [3.8, 4) is 0 Å². The second-order valence-electron chi connectivity index (χ2n) is 3.93. The molecule has 0 radical (unpaired) electrons. The van der Waals surface area contributed by atoms with E-state index in [-0.39, 0.29) is 11.7 Å².